The molecule has 0 saturated carbocycles. The lowest BCUT2D eigenvalue weighted by atomic mass is 9.99. The molecule has 3 aliphatic rings. The molecule has 14 heteroatoms. The fourth-order valence-corrected chi connectivity index (χ4v) is 5.28. The van der Waals surface area contributed by atoms with Gasteiger partial charge in [-0.3, -0.25) is 19.2 Å². The Hall–Kier alpha value is -2.36. The first kappa shape index (κ1) is 32.2. The topological polar surface area (TPSA) is 172 Å². The van der Waals surface area contributed by atoms with E-state index in [1.54, 1.807) is 20.8 Å². The van der Waals surface area contributed by atoms with E-state index in [0.717, 1.165) is 0 Å². The van der Waals surface area contributed by atoms with E-state index in [4.69, 9.17) is 42.6 Å². The summed E-state index contributed by atoms with van der Waals surface area (Å²) in [5, 5.41) is 9.97. The molecule has 0 aliphatic carbocycles. The van der Waals surface area contributed by atoms with Gasteiger partial charge in [0.05, 0.1) is 18.3 Å². The van der Waals surface area contributed by atoms with Crippen molar-refractivity contribution in [3.8, 4) is 0 Å². The molecule has 0 bridgehead atoms. The molecule has 0 radical (unpaired) electrons. The Morgan fingerprint density at radius 1 is 0.550 bits per heavy atom. The standard InChI is InChI=1S/C26H40O14/c1-11-25(18(35-14(4)27)8-21(31)32-11)39-23-10-20(37-16(6)29)26(13(3)34-23)40-22-9-19(36-15(5)28)24(12(2)33-22)38-17(7)30/h11-13,18-26,31H,8-10H2,1-7H3/t11-,12-,13-,18+,19+,20+,21?,22+,23+,24-,25-,26-/m1/s1. The van der Waals surface area contributed by atoms with E-state index in [0.29, 0.717) is 0 Å². The lowest BCUT2D eigenvalue weighted by Gasteiger charge is -2.45. The third-order valence-corrected chi connectivity index (χ3v) is 6.75. The average Bonchev–Trinajstić information content (AvgIpc) is 2.79. The van der Waals surface area contributed by atoms with Crippen LogP contribution in [0.25, 0.3) is 0 Å². The zero-order valence-electron chi connectivity index (χ0n) is 23.8. The van der Waals surface area contributed by atoms with Crippen molar-refractivity contribution in [2.24, 2.45) is 0 Å². The summed E-state index contributed by atoms with van der Waals surface area (Å²) >= 11 is 0. The first-order chi connectivity index (χ1) is 18.7. The van der Waals surface area contributed by atoms with Crippen LogP contribution in [0.5, 0.6) is 0 Å². The van der Waals surface area contributed by atoms with E-state index in [1.165, 1.54) is 27.7 Å². The van der Waals surface area contributed by atoms with Gasteiger partial charge in [-0.2, -0.15) is 0 Å². The van der Waals surface area contributed by atoms with Crippen molar-refractivity contribution < 1.29 is 66.9 Å². The van der Waals surface area contributed by atoms with Crippen LogP contribution >= 0.6 is 0 Å². The van der Waals surface area contributed by atoms with E-state index in [9.17, 15) is 24.3 Å². The second kappa shape index (κ2) is 14.0. The highest BCUT2D eigenvalue weighted by molar-refractivity contribution is 5.67. The smallest absolute Gasteiger partial charge is 0.303 e. The normalized spacial score (nSPS) is 40.0. The summed E-state index contributed by atoms with van der Waals surface area (Å²) in [5.74, 6) is -2.18. The Morgan fingerprint density at radius 3 is 1.32 bits per heavy atom. The van der Waals surface area contributed by atoms with Gasteiger partial charge in [-0.15, -0.1) is 0 Å². The number of aliphatic hydroxyl groups excluding tert-OH is 1. The monoisotopic (exact) mass is 576 g/mol. The van der Waals surface area contributed by atoms with Crippen LogP contribution in [0, 0.1) is 0 Å². The molecule has 1 unspecified atom stereocenters. The second-order valence-corrected chi connectivity index (χ2v) is 10.3. The zero-order valence-corrected chi connectivity index (χ0v) is 23.8. The molecule has 3 rings (SSSR count). The Bertz CT molecular complexity index is 910. The highest BCUT2D eigenvalue weighted by Gasteiger charge is 2.48. The second-order valence-electron chi connectivity index (χ2n) is 10.3. The molecule has 40 heavy (non-hydrogen) atoms. The van der Waals surface area contributed by atoms with Gasteiger partial charge in [0.1, 0.15) is 30.5 Å². The lowest BCUT2D eigenvalue weighted by molar-refractivity contribution is -0.333. The van der Waals surface area contributed by atoms with Gasteiger partial charge < -0.3 is 47.7 Å². The van der Waals surface area contributed by atoms with Crippen LogP contribution in [0.4, 0.5) is 0 Å². The average molecular weight is 577 g/mol. The highest BCUT2D eigenvalue weighted by Crippen LogP contribution is 2.34. The number of esters is 4. The summed E-state index contributed by atoms with van der Waals surface area (Å²) in [5.41, 5.74) is 0. The van der Waals surface area contributed by atoms with E-state index < -0.39 is 97.7 Å². The Morgan fingerprint density at radius 2 is 0.900 bits per heavy atom. The maximum Gasteiger partial charge on any atom is 0.303 e. The fourth-order valence-electron chi connectivity index (χ4n) is 5.28. The molecule has 0 spiro atoms. The first-order valence-electron chi connectivity index (χ1n) is 13.4. The Balaban J connectivity index is 1.72. The van der Waals surface area contributed by atoms with Crippen LogP contribution in [-0.2, 0) is 61.8 Å². The first-order valence-corrected chi connectivity index (χ1v) is 13.4. The fraction of sp³-hybridized carbons (Fsp3) is 0.846. The van der Waals surface area contributed by atoms with Gasteiger partial charge in [-0.25, -0.2) is 0 Å². The molecule has 0 aromatic rings. The Kier molecular flexibility index (Phi) is 11.3. The largest absolute Gasteiger partial charge is 0.459 e. The molecule has 0 amide bonds. The molecular weight excluding hydrogens is 536 g/mol. The maximum atomic E-state index is 12.0. The van der Waals surface area contributed by atoms with Gasteiger partial charge in [0.2, 0.25) is 0 Å². The van der Waals surface area contributed by atoms with Crippen LogP contribution in [0.3, 0.4) is 0 Å². The van der Waals surface area contributed by atoms with Crippen LogP contribution in [-0.4, -0.2) is 103 Å². The minimum Gasteiger partial charge on any atom is -0.459 e. The van der Waals surface area contributed by atoms with Crippen LogP contribution < -0.4 is 0 Å². The predicted molar refractivity (Wildman–Crippen MR) is 131 cm³/mol. The van der Waals surface area contributed by atoms with E-state index >= 15 is 0 Å². The molecule has 14 nitrogen and oxygen atoms in total. The van der Waals surface area contributed by atoms with Crippen molar-refractivity contribution in [3.63, 3.8) is 0 Å². The van der Waals surface area contributed by atoms with E-state index in [2.05, 4.69) is 0 Å². The van der Waals surface area contributed by atoms with Gasteiger partial charge in [-0.1, -0.05) is 0 Å². The number of carbonyl (C=O) groups excluding carboxylic acids is 4. The summed E-state index contributed by atoms with van der Waals surface area (Å²) in [6.45, 7) is 10.1. The number of aliphatic hydroxyl groups is 1. The molecule has 1 N–H and O–H groups in total. The third-order valence-electron chi connectivity index (χ3n) is 6.75. The molecule has 3 saturated heterocycles. The van der Waals surface area contributed by atoms with Crippen molar-refractivity contribution in [1.82, 2.24) is 0 Å². The summed E-state index contributed by atoms with van der Waals surface area (Å²) in [7, 11) is 0. The minimum atomic E-state index is -1.12. The summed E-state index contributed by atoms with van der Waals surface area (Å²) in [6.07, 6.45) is -9.54. The van der Waals surface area contributed by atoms with Crippen molar-refractivity contribution in [2.45, 2.75) is 142 Å². The molecule has 3 fully saturated rings. The van der Waals surface area contributed by atoms with Gasteiger partial charge in [0, 0.05) is 47.0 Å². The number of hydrogen-bond donors (Lipinski definition) is 1. The Labute approximate surface area is 232 Å². The van der Waals surface area contributed by atoms with Crippen molar-refractivity contribution in [2.75, 3.05) is 0 Å². The quantitative estimate of drug-likeness (QED) is 0.319. The van der Waals surface area contributed by atoms with E-state index in [-0.39, 0.29) is 19.3 Å². The van der Waals surface area contributed by atoms with Crippen LogP contribution in [0.15, 0.2) is 0 Å². The van der Waals surface area contributed by atoms with Gasteiger partial charge in [0.15, 0.2) is 25.0 Å². The SMILES string of the molecule is CC(=O)O[C@H]1[C@@H](OC(C)=O)C[C@H](O[C@H]2[C@@H](OC(C)=O)C[C@H](O[C@H]3[C@@H](OC(C)=O)CC(O)O[C@@H]3C)O[C@@H]2C)O[C@@H]1C. The molecule has 0 aromatic carbocycles. The lowest BCUT2D eigenvalue weighted by Crippen LogP contribution is -2.57. The zero-order chi connectivity index (χ0) is 29.7. The third kappa shape index (κ3) is 8.82. The molecule has 3 heterocycles. The summed E-state index contributed by atoms with van der Waals surface area (Å²) in [6, 6.07) is 0. The summed E-state index contributed by atoms with van der Waals surface area (Å²) < 4.78 is 51.4. The van der Waals surface area contributed by atoms with Gasteiger partial charge >= 0.3 is 23.9 Å². The molecular formula is C26H40O14. The molecule has 228 valence electrons. The van der Waals surface area contributed by atoms with Gasteiger partial charge in [0.25, 0.3) is 0 Å². The van der Waals surface area contributed by atoms with Crippen molar-refractivity contribution in [1.29, 1.82) is 0 Å². The molecule has 0 aromatic heterocycles. The molecule has 12 atom stereocenters. The number of carbonyl (C=O) groups is 4. The number of ether oxygens (including phenoxy) is 9. The minimum absolute atomic E-state index is 0.0189. The number of rotatable bonds is 8. The van der Waals surface area contributed by atoms with Crippen molar-refractivity contribution in [3.05, 3.63) is 0 Å². The van der Waals surface area contributed by atoms with Gasteiger partial charge in [-0.05, 0) is 20.8 Å². The van der Waals surface area contributed by atoms with Crippen LogP contribution in [0.1, 0.15) is 67.7 Å². The van der Waals surface area contributed by atoms with E-state index in [1.807, 2.05) is 0 Å². The van der Waals surface area contributed by atoms with Crippen LogP contribution in [0.2, 0.25) is 0 Å². The highest BCUT2D eigenvalue weighted by atomic mass is 16.7. The molecule has 3 aliphatic heterocycles. The summed E-state index contributed by atoms with van der Waals surface area (Å²) in [4.78, 5) is 46.9. The predicted octanol–water partition coefficient (Wildman–Crippen LogP) is 0.881. The maximum absolute atomic E-state index is 12.0. The van der Waals surface area contributed by atoms with Crippen molar-refractivity contribution >= 4 is 23.9 Å². The number of hydrogen-bond acceptors (Lipinski definition) is 14.